The third-order valence-electron chi connectivity index (χ3n) is 2.42. The first-order valence-corrected chi connectivity index (χ1v) is 7.55. The summed E-state index contributed by atoms with van der Waals surface area (Å²) in [5, 5.41) is 0. The molecule has 0 amide bonds. The van der Waals surface area contributed by atoms with E-state index in [9.17, 15) is 8.42 Å². The van der Waals surface area contributed by atoms with Crippen molar-refractivity contribution in [3.05, 3.63) is 0 Å². The molecule has 0 bridgehead atoms. The van der Waals surface area contributed by atoms with Crippen LogP contribution in [0.25, 0.3) is 0 Å². The molecule has 0 aliphatic carbocycles. The van der Waals surface area contributed by atoms with Crippen LogP contribution in [0, 0.1) is 0 Å². The van der Waals surface area contributed by atoms with Crippen LogP contribution in [0.5, 0.6) is 0 Å². The molecule has 1 N–H and O–H groups in total. The van der Waals surface area contributed by atoms with Gasteiger partial charge in [0.25, 0.3) is 0 Å². The number of halogens is 1. The maximum atomic E-state index is 11.5. The Kier molecular flexibility index (Phi) is 5.99. The number of rotatable bonds is 6. The summed E-state index contributed by atoms with van der Waals surface area (Å²) in [7, 11) is -1.20. The summed E-state index contributed by atoms with van der Waals surface area (Å²) in [5.74, 6) is 0.447. The van der Waals surface area contributed by atoms with E-state index in [4.69, 9.17) is 16.3 Å². The van der Waals surface area contributed by atoms with Crippen molar-refractivity contribution in [2.75, 3.05) is 44.9 Å². The first kappa shape index (κ1) is 14.2. The van der Waals surface area contributed by atoms with Gasteiger partial charge in [-0.1, -0.05) is 0 Å². The largest absolute Gasteiger partial charge is 0.374 e. The van der Waals surface area contributed by atoms with Gasteiger partial charge in [-0.2, -0.15) is 0 Å². The molecule has 5 nitrogen and oxygen atoms in total. The molecule has 1 rings (SSSR count). The van der Waals surface area contributed by atoms with Crippen LogP contribution in [0.1, 0.15) is 6.42 Å². The Morgan fingerprint density at radius 2 is 2.31 bits per heavy atom. The molecule has 16 heavy (non-hydrogen) atoms. The molecule has 1 unspecified atom stereocenters. The Hall–Kier alpha value is 0.120. The van der Waals surface area contributed by atoms with E-state index in [1.165, 1.54) is 0 Å². The minimum Gasteiger partial charge on any atom is -0.374 e. The number of ether oxygens (including phenoxy) is 1. The number of hydrogen-bond donors (Lipinski definition) is 1. The van der Waals surface area contributed by atoms with Crippen molar-refractivity contribution in [1.29, 1.82) is 0 Å². The second kappa shape index (κ2) is 6.76. The number of alkyl halides is 1. The summed E-state index contributed by atoms with van der Waals surface area (Å²) in [4.78, 5) is 2.13. The summed E-state index contributed by atoms with van der Waals surface area (Å²) in [6, 6.07) is 0. The van der Waals surface area contributed by atoms with Crippen LogP contribution in [0.15, 0.2) is 0 Å². The van der Waals surface area contributed by atoms with Crippen LogP contribution in [-0.4, -0.2) is 64.3 Å². The molecule has 0 aromatic rings. The Bertz CT molecular complexity index is 297. The van der Waals surface area contributed by atoms with Crippen LogP contribution in [0.2, 0.25) is 0 Å². The molecule has 0 aromatic carbocycles. The third-order valence-corrected chi connectivity index (χ3v) is 4.12. The van der Waals surface area contributed by atoms with E-state index in [1.54, 1.807) is 0 Å². The van der Waals surface area contributed by atoms with Crippen LogP contribution in [0.4, 0.5) is 0 Å². The lowest BCUT2D eigenvalue weighted by atomic mass is 10.3. The maximum absolute atomic E-state index is 11.5. The summed E-state index contributed by atoms with van der Waals surface area (Å²) in [6.45, 7) is 2.66. The molecular formula is C9H19ClN2O3S. The summed E-state index contributed by atoms with van der Waals surface area (Å²) in [6.07, 6.45) is 0.423. The SMILES string of the molecule is CN1CCOC(CNS(=O)(=O)CCCCl)C1. The van der Waals surface area contributed by atoms with Crippen LogP contribution >= 0.6 is 11.6 Å². The Labute approximate surface area is 102 Å². The molecule has 0 aromatic heterocycles. The molecule has 1 atom stereocenters. The molecule has 1 fully saturated rings. The molecule has 1 heterocycles. The Morgan fingerprint density at radius 1 is 1.56 bits per heavy atom. The Balaban J connectivity index is 2.27. The topological polar surface area (TPSA) is 58.6 Å². The van der Waals surface area contributed by atoms with Crippen molar-refractivity contribution in [2.45, 2.75) is 12.5 Å². The lowest BCUT2D eigenvalue weighted by Gasteiger charge is -2.30. The van der Waals surface area contributed by atoms with Crippen molar-refractivity contribution in [3.8, 4) is 0 Å². The third kappa shape index (κ3) is 5.45. The highest BCUT2D eigenvalue weighted by Gasteiger charge is 2.19. The molecule has 1 saturated heterocycles. The molecule has 7 heteroatoms. The maximum Gasteiger partial charge on any atom is 0.211 e. The van der Waals surface area contributed by atoms with Crippen molar-refractivity contribution in [3.63, 3.8) is 0 Å². The minimum absolute atomic E-state index is 0.0514. The van der Waals surface area contributed by atoms with Gasteiger partial charge < -0.3 is 9.64 Å². The van der Waals surface area contributed by atoms with Crippen molar-refractivity contribution in [1.82, 2.24) is 9.62 Å². The molecule has 1 aliphatic heterocycles. The monoisotopic (exact) mass is 270 g/mol. The van der Waals surface area contributed by atoms with Gasteiger partial charge in [0.1, 0.15) is 0 Å². The van der Waals surface area contributed by atoms with E-state index in [-0.39, 0.29) is 11.9 Å². The van der Waals surface area contributed by atoms with Gasteiger partial charge >= 0.3 is 0 Å². The normalized spacial score (nSPS) is 23.5. The highest BCUT2D eigenvalue weighted by Crippen LogP contribution is 2.02. The fourth-order valence-electron chi connectivity index (χ4n) is 1.53. The van der Waals surface area contributed by atoms with E-state index in [1.807, 2.05) is 7.05 Å². The second-order valence-electron chi connectivity index (χ2n) is 3.96. The average molecular weight is 271 g/mol. The van der Waals surface area contributed by atoms with Crippen molar-refractivity contribution < 1.29 is 13.2 Å². The fourth-order valence-corrected chi connectivity index (χ4v) is 2.93. The van der Waals surface area contributed by atoms with Crippen LogP contribution < -0.4 is 4.72 Å². The number of hydrogen-bond acceptors (Lipinski definition) is 4. The standard InChI is InChI=1S/C9H19ClN2O3S/c1-12-4-5-15-9(8-12)7-11-16(13,14)6-2-3-10/h9,11H,2-8H2,1H3. The smallest absolute Gasteiger partial charge is 0.211 e. The lowest BCUT2D eigenvalue weighted by Crippen LogP contribution is -2.46. The first-order chi connectivity index (χ1) is 7.53. The van der Waals surface area contributed by atoms with E-state index >= 15 is 0 Å². The van der Waals surface area contributed by atoms with Gasteiger partial charge in [-0.15, -0.1) is 11.6 Å². The number of nitrogens with zero attached hydrogens (tertiary/aromatic N) is 1. The molecule has 0 radical (unpaired) electrons. The highest BCUT2D eigenvalue weighted by atomic mass is 35.5. The quantitative estimate of drug-likeness (QED) is 0.683. The van der Waals surface area contributed by atoms with Crippen molar-refractivity contribution in [2.24, 2.45) is 0 Å². The second-order valence-corrected chi connectivity index (χ2v) is 6.27. The zero-order valence-electron chi connectivity index (χ0n) is 9.49. The average Bonchev–Trinajstić information content (AvgIpc) is 2.24. The number of nitrogens with one attached hydrogen (secondary N) is 1. The zero-order valence-corrected chi connectivity index (χ0v) is 11.1. The van der Waals surface area contributed by atoms with Gasteiger partial charge in [-0.3, -0.25) is 0 Å². The van der Waals surface area contributed by atoms with Gasteiger partial charge in [0.15, 0.2) is 0 Å². The number of morpholine rings is 1. The summed E-state index contributed by atoms with van der Waals surface area (Å²) < 4.78 is 30.9. The van der Waals surface area contributed by atoms with Gasteiger partial charge in [0, 0.05) is 25.5 Å². The first-order valence-electron chi connectivity index (χ1n) is 5.37. The molecule has 0 saturated carbocycles. The van der Waals surface area contributed by atoms with E-state index < -0.39 is 10.0 Å². The van der Waals surface area contributed by atoms with Gasteiger partial charge in [0.2, 0.25) is 10.0 Å². The lowest BCUT2D eigenvalue weighted by molar-refractivity contribution is -0.0156. The summed E-state index contributed by atoms with van der Waals surface area (Å²) in [5.41, 5.74) is 0. The van der Waals surface area contributed by atoms with Crippen LogP contribution in [0.3, 0.4) is 0 Å². The molecule has 1 aliphatic rings. The number of likely N-dealkylation sites (N-methyl/N-ethyl adjacent to an activating group) is 1. The van der Waals surface area contributed by atoms with Gasteiger partial charge in [-0.05, 0) is 13.5 Å². The predicted molar refractivity (Wildman–Crippen MR) is 64.4 cm³/mol. The van der Waals surface area contributed by atoms with E-state index in [0.717, 1.165) is 13.1 Å². The molecular weight excluding hydrogens is 252 g/mol. The number of sulfonamides is 1. The van der Waals surface area contributed by atoms with Gasteiger partial charge in [-0.25, -0.2) is 13.1 Å². The van der Waals surface area contributed by atoms with E-state index in [2.05, 4.69) is 9.62 Å². The summed E-state index contributed by atoms with van der Waals surface area (Å²) >= 11 is 5.45. The van der Waals surface area contributed by atoms with Crippen molar-refractivity contribution >= 4 is 21.6 Å². The van der Waals surface area contributed by atoms with E-state index in [0.29, 0.717) is 25.5 Å². The Morgan fingerprint density at radius 3 is 2.94 bits per heavy atom. The minimum atomic E-state index is -3.19. The zero-order chi connectivity index (χ0) is 12.0. The molecule has 0 spiro atoms. The molecule has 96 valence electrons. The fraction of sp³-hybridized carbons (Fsp3) is 1.00. The van der Waals surface area contributed by atoms with Gasteiger partial charge in [0.05, 0.1) is 18.5 Å². The predicted octanol–water partition coefficient (Wildman–Crippen LogP) is -0.135. The van der Waals surface area contributed by atoms with Crippen LogP contribution in [-0.2, 0) is 14.8 Å². The highest BCUT2D eigenvalue weighted by molar-refractivity contribution is 7.89.